The third kappa shape index (κ3) is 3.70. The van der Waals surface area contributed by atoms with E-state index in [4.69, 9.17) is 5.73 Å². The Hall–Kier alpha value is -0.570. The molecule has 1 unspecified atom stereocenters. The van der Waals surface area contributed by atoms with E-state index in [-0.39, 0.29) is 17.5 Å². The highest BCUT2D eigenvalue weighted by molar-refractivity contribution is 5.77. The number of hydrogen-bond donors (Lipinski definition) is 1. The first-order valence-electron chi connectivity index (χ1n) is 6.91. The zero-order valence-electron chi connectivity index (χ0n) is 11.8. The van der Waals surface area contributed by atoms with Crippen molar-refractivity contribution in [3.63, 3.8) is 0 Å². The molecule has 3 heteroatoms. The highest BCUT2D eigenvalue weighted by Gasteiger charge is 2.41. The van der Waals surface area contributed by atoms with Crippen LogP contribution in [-0.4, -0.2) is 28.9 Å². The number of unbranched alkanes of at least 4 members (excludes halogenated alkanes) is 1. The van der Waals surface area contributed by atoms with Gasteiger partial charge in [-0.25, -0.2) is 0 Å². The molecule has 1 amide bonds. The predicted molar refractivity (Wildman–Crippen MR) is 71.7 cm³/mol. The van der Waals surface area contributed by atoms with Crippen LogP contribution in [0, 0.1) is 5.92 Å². The monoisotopic (exact) mass is 240 g/mol. The lowest BCUT2D eigenvalue weighted by atomic mass is 9.96. The summed E-state index contributed by atoms with van der Waals surface area (Å²) < 4.78 is 0. The Bertz CT molecular complexity index is 261. The molecular weight excluding hydrogens is 212 g/mol. The van der Waals surface area contributed by atoms with Crippen LogP contribution in [-0.2, 0) is 4.79 Å². The van der Waals surface area contributed by atoms with Crippen LogP contribution in [0.2, 0.25) is 0 Å². The third-order valence-corrected chi connectivity index (χ3v) is 3.99. The molecule has 1 heterocycles. The maximum Gasteiger partial charge on any atom is 0.223 e. The molecule has 17 heavy (non-hydrogen) atoms. The Morgan fingerprint density at radius 3 is 2.53 bits per heavy atom. The second-order valence-electron chi connectivity index (χ2n) is 6.23. The van der Waals surface area contributed by atoms with Gasteiger partial charge in [0.2, 0.25) is 5.91 Å². The topological polar surface area (TPSA) is 46.3 Å². The molecular formula is C14H28N2O. The van der Waals surface area contributed by atoms with E-state index in [0.717, 1.165) is 31.7 Å². The second-order valence-corrected chi connectivity index (χ2v) is 6.23. The molecule has 2 N–H and O–H groups in total. The summed E-state index contributed by atoms with van der Waals surface area (Å²) in [5, 5.41) is 0. The van der Waals surface area contributed by atoms with E-state index < -0.39 is 0 Å². The highest BCUT2D eigenvalue weighted by atomic mass is 16.2. The molecule has 0 bridgehead atoms. The normalized spacial score (nSPS) is 23.4. The Morgan fingerprint density at radius 2 is 2.06 bits per heavy atom. The number of amides is 1. The molecule has 0 radical (unpaired) electrons. The first-order chi connectivity index (χ1) is 7.85. The molecule has 1 rings (SSSR count). The molecule has 1 fully saturated rings. The fourth-order valence-corrected chi connectivity index (χ4v) is 2.52. The van der Waals surface area contributed by atoms with Gasteiger partial charge in [-0.2, -0.15) is 0 Å². The van der Waals surface area contributed by atoms with E-state index in [1.807, 2.05) is 4.90 Å². The Labute approximate surface area is 106 Å². The van der Waals surface area contributed by atoms with Crippen LogP contribution in [0.25, 0.3) is 0 Å². The van der Waals surface area contributed by atoms with Gasteiger partial charge in [-0.3, -0.25) is 4.79 Å². The molecule has 100 valence electrons. The van der Waals surface area contributed by atoms with Crippen LogP contribution in [0.1, 0.15) is 59.8 Å². The molecule has 0 aliphatic carbocycles. The van der Waals surface area contributed by atoms with Crippen molar-refractivity contribution in [3.05, 3.63) is 0 Å². The van der Waals surface area contributed by atoms with E-state index in [2.05, 4.69) is 27.7 Å². The number of carbonyl (C=O) groups is 1. The molecule has 0 saturated carbocycles. The highest BCUT2D eigenvalue weighted by Crippen LogP contribution is 2.28. The van der Waals surface area contributed by atoms with Gasteiger partial charge in [0.05, 0.1) is 5.54 Å². The summed E-state index contributed by atoms with van der Waals surface area (Å²) in [7, 11) is 0. The molecule has 1 saturated heterocycles. The van der Waals surface area contributed by atoms with E-state index in [9.17, 15) is 4.79 Å². The zero-order valence-corrected chi connectivity index (χ0v) is 11.8. The molecule has 0 spiro atoms. The van der Waals surface area contributed by atoms with Crippen molar-refractivity contribution in [1.29, 1.82) is 0 Å². The zero-order chi connectivity index (χ0) is 13.1. The van der Waals surface area contributed by atoms with Crippen LogP contribution in [0.5, 0.6) is 0 Å². The van der Waals surface area contributed by atoms with Crippen molar-refractivity contribution >= 4 is 5.91 Å². The minimum Gasteiger partial charge on any atom is -0.336 e. The first kappa shape index (κ1) is 14.5. The lowest BCUT2D eigenvalue weighted by Crippen LogP contribution is -2.51. The minimum absolute atomic E-state index is 0.127. The lowest BCUT2D eigenvalue weighted by Gasteiger charge is -2.34. The summed E-state index contributed by atoms with van der Waals surface area (Å²) in [6, 6.07) is 0.127. The largest absolute Gasteiger partial charge is 0.336 e. The fraction of sp³-hybridized carbons (Fsp3) is 0.929. The van der Waals surface area contributed by atoms with Gasteiger partial charge in [0.15, 0.2) is 0 Å². The van der Waals surface area contributed by atoms with E-state index >= 15 is 0 Å². The molecule has 0 aromatic heterocycles. The minimum atomic E-state index is -0.158. The molecule has 0 aromatic rings. The predicted octanol–water partition coefficient (Wildman–Crippen LogP) is 2.54. The fourth-order valence-electron chi connectivity index (χ4n) is 2.52. The van der Waals surface area contributed by atoms with Crippen LogP contribution in [0.15, 0.2) is 0 Å². The average molecular weight is 240 g/mol. The number of carbonyl (C=O) groups excluding carboxylic acids is 1. The number of nitrogens with zero attached hydrogens (tertiary/aromatic N) is 1. The molecule has 0 aromatic carbocycles. The van der Waals surface area contributed by atoms with Crippen molar-refractivity contribution < 1.29 is 4.79 Å². The van der Waals surface area contributed by atoms with Gasteiger partial charge in [0.1, 0.15) is 0 Å². The molecule has 1 atom stereocenters. The van der Waals surface area contributed by atoms with Crippen molar-refractivity contribution in [1.82, 2.24) is 4.90 Å². The standard InChI is InChI=1S/C14H28N2O/c1-11(2)7-5-6-8-13(17)16-10-9-12(15)14(16,3)4/h11-12H,5-10,15H2,1-4H3. The molecule has 3 nitrogen and oxygen atoms in total. The van der Waals surface area contributed by atoms with Crippen LogP contribution >= 0.6 is 0 Å². The molecule has 1 aliphatic rings. The van der Waals surface area contributed by atoms with Crippen molar-refractivity contribution in [2.24, 2.45) is 11.7 Å². The van der Waals surface area contributed by atoms with Gasteiger partial charge in [-0.1, -0.05) is 26.7 Å². The Balaban J connectivity index is 2.33. The number of hydrogen-bond acceptors (Lipinski definition) is 2. The van der Waals surface area contributed by atoms with E-state index in [0.29, 0.717) is 6.42 Å². The van der Waals surface area contributed by atoms with Gasteiger partial charge in [-0.15, -0.1) is 0 Å². The van der Waals surface area contributed by atoms with Gasteiger partial charge in [0.25, 0.3) is 0 Å². The summed E-state index contributed by atoms with van der Waals surface area (Å²) in [4.78, 5) is 14.1. The Morgan fingerprint density at radius 1 is 1.41 bits per heavy atom. The van der Waals surface area contributed by atoms with Crippen molar-refractivity contribution in [2.45, 2.75) is 71.4 Å². The van der Waals surface area contributed by atoms with Crippen molar-refractivity contribution in [2.75, 3.05) is 6.54 Å². The van der Waals surface area contributed by atoms with Crippen molar-refractivity contribution in [3.8, 4) is 0 Å². The SMILES string of the molecule is CC(C)CCCCC(=O)N1CCC(N)C1(C)C. The molecule has 1 aliphatic heterocycles. The van der Waals surface area contributed by atoms with Crippen LogP contribution in [0.3, 0.4) is 0 Å². The quantitative estimate of drug-likeness (QED) is 0.751. The second kappa shape index (κ2) is 5.85. The summed E-state index contributed by atoms with van der Waals surface area (Å²) in [6.45, 7) is 9.44. The average Bonchev–Trinajstić information content (AvgIpc) is 2.48. The van der Waals surface area contributed by atoms with E-state index in [1.54, 1.807) is 0 Å². The van der Waals surface area contributed by atoms with Gasteiger partial charge in [0, 0.05) is 19.0 Å². The maximum absolute atomic E-state index is 12.1. The Kier molecular flexibility index (Phi) is 4.99. The summed E-state index contributed by atoms with van der Waals surface area (Å²) in [5.74, 6) is 1.02. The lowest BCUT2D eigenvalue weighted by molar-refractivity contribution is -0.134. The van der Waals surface area contributed by atoms with Crippen LogP contribution in [0.4, 0.5) is 0 Å². The van der Waals surface area contributed by atoms with E-state index in [1.165, 1.54) is 6.42 Å². The van der Waals surface area contributed by atoms with Gasteiger partial charge < -0.3 is 10.6 Å². The summed E-state index contributed by atoms with van der Waals surface area (Å²) in [6.07, 6.45) is 5.01. The number of likely N-dealkylation sites (tertiary alicyclic amines) is 1. The maximum atomic E-state index is 12.1. The van der Waals surface area contributed by atoms with Gasteiger partial charge >= 0.3 is 0 Å². The number of rotatable bonds is 5. The van der Waals surface area contributed by atoms with Crippen LogP contribution < -0.4 is 5.73 Å². The van der Waals surface area contributed by atoms with Gasteiger partial charge in [-0.05, 0) is 32.6 Å². The summed E-state index contributed by atoms with van der Waals surface area (Å²) >= 11 is 0. The number of nitrogens with two attached hydrogens (primary N) is 1. The first-order valence-corrected chi connectivity index (χ1v) is 6.91. The third-order valence-electron chi connectivity index (χ3n) is 3.99. The summed E-state index contributed by atoms with van der Waals surface area (Å²) in [5.41, 5.74) is 5.88. The smallest absolute Gasteiger partial charge is 0.223 e.